The topological polar surface area (TPSA) is 8.17 Å². The third kappa shape index (κ3) is 5.40. The van der Waals surface area contributed by atoms with Crippen LogP contribution in [0.1, 0.15) is 13.3 Å². The van der Waals surface area contributed by atoms with E-state index in [0.717, 1.165) is 17.8 Å². The van der Waals surface area contributed by atoms with Gasteiger partial charge in [-0.05, 0) is 91.8 Å². The Morgan fingerprint density at radius 2 is 1.11 bits per heavy atom. The zero-order valence-electron chi connectivity index (χ0n) is 31.8. The van der Waals surface area contributed by atoms with E-state index in [2.05, 4.69) is 223 Å². The number of rotatable bonds is 6. The van der Waals surface area contributed by atoms with E-state index in [4.69, 9.17) is 0 Å². The van der Waals surface area contributed by atoms with E-state index in [-0.39, 0.29) is 5.92 Å². The quantitative estimate of drug-likeness (QED) is 0.155. The molecule has 9 aromatic carbocycles. The van der Waals surface area contributed by atoms with Crippen molar-refractivity contribution in [2.24, 2.45) is 5.92 Å². The number of hydrogen-bond acceptors (Lipinski definition) is 1. The fourth-order valence-corrected chi connectivity index (χ4v) is 9.38. The fraction of sp³-hybridized carbons (Fsp3) is 0.0545. The lowest BCUT2D eigenvalue weighted by Gasteiger charge is -2.34. The summed E-state index contributed by atoms with van der Waals surface area (Å²) in [5, 5.41) is 11.5. The minimum atomic E-state index is 0.243. The molecule has 0 saturated heterocycles. The minimum absolute atomic E-state index is 0.243. The van der Waals surface area contributed by atoms with Gasteiger partial charge in [-0.25, -0.2) is 0 Å². The average molecular weight is 729 g/mol. The fourth-order valence-electron chi connectivity index (χ4n) is 9.38. The van der Waals surface area contributed by atoms with Crippen molar-refractivity contribution < 1.29 is 0 Å². The van der Waals surface area contributed by atoms with Crippen LogP contribution < -0.4 is 15.5 Å². The molecule has 1 atom stereocenters. The molecule has 1 aromatic heterocycles. The van der Waals surface area contributed by atoms with E-state index in [1.54, 1.807) is 0 Å². The summed E-state index contributed by atoms with van der Waals surface area (Å²) >= 11 is 0. The molecule has 0 spiro atoms. The van der Waals surface area contributed by atoms with Gasteiger partial charge in [-0.3, -0.25) is 0 Å². The van der Waals surface area contributed by atoms with Gasteiger partial charge in [0.2, 0.25) is 0 Å². The summed E-state index contributed by atoms with van der Waals surface area (Å²) < 4.78 is 2.49. The Bertz CT molecular complexity index is 3270. The predicted molar refractivity (Wildman–Crippen MR) is 243 cm³/mol. The Morgan fingerprint density at radius 1 is 0.474 bits per heavy atom. The predicted octanol–water partition coefficient (Wildman–Crippen LogP) is 13.2. The molecular weight excluding hydrogens is 689 g/mol. The zero-order chi connectivity index (χ0) is 37.9. The van der Waals surface area contributed by atoms with Gasteiger partial charge in [-0.1, -0.05) is 177 Å². The standard InChI is InChI=1S/C55H40N2/c1-37-27-34-50-48-23-11-13-26-52(48)57(42-19-6-3-7-20-42)55(50)54(37)56(51-25-12-10-22-45(51)38-15-4-2-5-16-38)43-32-28-40(29-33-43)46-24-14-18-41-31-35-47-44-21-9-8-17-39(44)30-36-49(47)53(41)46/h2-26,28-37H,27H2,1H3. The SMILES string of the molecule is CC1CC=c2c(n(-c3ccccc3)c3ccccc23)=C1N(c1ccc(-c2cccc3ccc4c5ccccc5ccc4c23)cc1)c1ccccc1-c1ccccc1. The summed E-state index contributed by atoms with van der Waals surface area (Å²) in [4.78, 5) is 2.56. The third-order valence-corrected chi connectivity index (χ3v) is 12.0. The van der Waals surface area contributed by atoms with E-state index in [9.17, 15) is 0 Å². The first-order valence-corrected chi connectivity index (χ1v) is 20.0. The van der Waals surface area contributed by atoms with Crippen LogP contribution in [0.3, 0.4) is 0 Å². The molecule has 11 rings (SSSR count). The molecule has 0 radical (unpaired) electrons. The maximum absolute atomic E-state index is 2.56. The second-order valence-electron chi connectivity index (χ2n) is 15.3. The van der Waals surface area contributed by atoms with E-state index in [1.807, 2.05) is 0 Å². The number of anilines is 2. The molecule has 0 aliphatic heterocycles. The van der Waals surface area contributed by atoms with Crippen molar-refractivity contribution in [1.82, 2.24) is 4.57 Å². The monoisotopic (exact) mass is 728 g/mol. The van der Waals surface area contributed by atoms with Gasteiger partial charge in [0.15, 0.2) is 0 Å². The van der Waals surface area contributed by atoms with Gasteiger partial charge >= 0.3 is 0 Å². The second-order valence-corrected chi connectivity index (χ2v) is 15.3. The van der Waals surface area contributed by atoms with Crippen LogP contribution in [0.25, 0.3) is 82.9 Å². The van der Waals surface area contributed by atoms with Gasteiger partial charge in [0, 0.05) is 33.5 Å². The number of benzene rings is 9. The van der Waals surface area contributed by atoms with Crippen LogP contribution in [0.4, 0.5) is 11.4 Å². The highest BCUT2D eigenvalue weighted by atomic mass is 15.2. The summed E-state index contributed by atoms with van der Waals surface area (Å²) in [7, 11) is 0. The highest BCUT2D eigenvalue weighted by molar-refractivity contribution is 6.21. The van der Waals surface area contributed by atoms with Crippen LogP contribution in [-0.2, 0) is 0 Å². The van der Waals surface area contributed by atoms with E-state index < -0.39 is 0 Å². The number of hydrogen-bond donors (Lipinski definition) is 0. The minimum Gasteiger partial charge on any atom is -0.311 e. The van der Waals surface area contributed by atoms with Gasteiger partial charge in [0.05, 0.1) is 22.3 Å². The average Bonchev–Trinajstić information content (AvgIpc) is 3.62. The second kappa shape index (κ2) is 13.5. The maximum atomic E-state index is 2.56. The molecule has 0 N–H and O–H groups in total. The van der Waals surface area contributed by atoms with Crippen LogP contribution in [0.5, 0.6) is 0 Å². The first-order chi connectivity index (χ1) is 28.2. The van der Waals surface area contributed by atoms with Crippen molar-refractivity contribution in [3.8, 4) is 27.9 Å². The molecule has 0 saturated carbocycles. The highest BCUT2D eigenvalue weighted by Gasteiger charge is 2.28. The number of fused-ring (bicyclic) bond motifs is 8. The van der Waals surface area contributed by atoms with Gasteiger partial charge < -0.3 is 9.47 Å². The van der Waals surface area contributed by atoms with Crippen molar-refractivity contribution >= 4 is 66.4 Å². The molecule has 10 aromatic rings. The maximum Gasteiger partial charge on any atom is 0.0739 e. The molecule has 2 heteroatoms. The Balaban J connectivity index is 1.18. The molecule has 1 aliphatic rings. The van der Waals surface area contributed by atoms with Gasteiger partial charge in [-0.2, -0.15) is 0 Å². The molecule has 1 unspecified atom stereocenters. The van der Waals surface area contributed by atoms with Crippen LogP contribution in [-0.4, -0.2) is 4.57 Å². The molecule has 1 aliphatic carbocycles. The van der Waals surface area contributed by atoms with Crippen molar-refractivity contribution in [3.63, 3.8) is 0 Å². The lowest BCUT2D eigenvalue weighted by Crippen LogP contribution is -2.41. The molecule has 2 nitrogen and oxygen atoms in total. The van der Waals surface area contributed by atoms with Crippen molar-refractivity contribution in [1.29, 1.82) is 0 Å². The molecular formula is C55H40N2. The molecule has 1 heterocycles. The van der Waals surface area contributed by atoms with Crippen LogP contribution >= 0.6 is 0 Å². The van der Waals surface area contributed by atoms with E-state index in [1.165, 1.54) is 87.4 Å². The lowest BCUT2D eigenvalue weighted by atomic mass is 9.91. The number of para-hydroxylation sites is 3. The van der Waals surface area contributed by atoms with Crippen molar-refractivity contribution in [2.45, 2.75) is 13.3 Å². The molecule has 0 fully saturated rings. The van der Waals surface area contributed by atoms with Gasteiger partial charge in [0.1, 0.15) is 0 Å². The Morgan fingerprint density at radius 3 is 1.95 bits per heavy atom. The summed E-state index contributed by atoms with van der Waals surface area (Å²) in [6.45, 7) is 2.39. The zero-order valence-corrected chi connectivity index (χ0v) is 31.8. The lowest BCUT2D eigenvalue weighted by molar-refractivity contribution is 0.745. The Hall–Kier alpha value is -7.16. The summed E-state index contributed by atoms with van der Waals surface area (Å²) in [5.41, 5.74) is 10.8. The van der Waals surface area contributed by atoms with Gasteiger partial charge in [0.25, 0.3) is 0 Å². The number of aromatic nitrogens is 1. The highest BCUT2D eigenvalue weighted by Crippen LogP contribution is 2.43. The molecule has 57 heavy (non-hydrogen) atoms. The smallest absolute Gasteiger partial charge is 0.0739 e. The van der Waals surface area contributed by atoms with Crippen molar-refractivity contribution in [3.05, 3.63) is 211 Å². The summed E-state index contributed by atoms with van der Waals surface area (Å²) in [5.74, 6) is 0.243. The largest absolute Gasteiger partial charge is 0.311 e. The first kappa shape index (κ1) is 33.2. The van der Waals surface area contributed by atoms with E-state index >= 15 is 0 Å². The molecule has 270 valence electrons. The van der Waals surface area contributed by atoms with Gasteiger partial charge in [-0.15, -0.1) is 0 Å². The van der Waals surface area contributed by atoms with Crippen LogP contribution in [0.2, 0.25) is 0 Å². The van der Waals surface area contributed by atoms with Crippen LogP contribution in [0.15, 0.2) is 200 Å². The van der Waals surface area contributed by atoms with Crippen LogP contribution in [0, 0.1) is 5.92 Å². The Kier molecular flexibility index (Phi) is 7.89. The Labute approximate surface area is 332 Å². The summed E-state index contributed by atoms with van der Waals surface area (Å²) in [6.07, 6.45) is 3.41. The van der Waals surface area contributed by atoms with Crippen molar-refractivity contribution in [2.75, 3.05) is 4.90 Å². The third-order valence-electron chi connectivity index (χ3n) is 12.0. The first-order valence-electron chi connectivity index (χ1n) is 20.0. The summed E-state index contributed by atoms with van der Waals surface area (Å²) in [6, 6.07) is 73.4. The molecule has 0 bridgehead atoms. The number of nitrogens with zero attached hydrogens (tertiary/aromatic N) is 2. The van der Waals surface area contributed by atoms with E-state index in [0.29, 0.717) is 0 Å². The normalized spacial score (nSPS) is 13.9. The molecule has 0 amide bonds.